The third kappa shape index (κ3) is 7.28. The van der Waals surface area contributed by atoms with Crippen LogP contribution in [0, 0.1) is 0 Å². The summed E-state index contributed by atoms with van der Waals surface area (Å²) in [6.45, 7) is 3.18. The zero-order valence-corrected chi connectivity index (χ0v) is 26.0. The van der Waals surface area contributed by atoms with Crippen molar-refractivity contribution in [3.8, 4) is 17.1 Å². The van der Waals surface area contributed by atoms with Crippen LogP contribution < -0.4 is 15.4 Å². The second-order valence-electron chi connectivity index (χ2n) is 9.60. The highest BCUT2D eigenvalue weighted by atomic mass is 35.5. The summed E-state index contributed by atoms with van der Waals surface area (Å²) in [4.78, 5) is 24.4. The fourth-order valence-electron chi connectivity index (χ4n) is 4.19. The van der Waals surface area contributed by atoms with Gasteiger partial charge in [-0.15, -0.1) is 10.2 Å². The molecule has 2 amide bonds. The van der Waals surface area contributed by atoms with Gasteiger partial charge in [0.05, 0.1) is 20.9 Å². The molecular formula is C31H27ClN6O4S2. The second kappa shape index (κ2) is 13.3. The molecule has 0 saturated carbocycles. The van der Waals surface area contributed by atoms with Crippen LogP contribution in [0.3, 0.4) is 0 Å². The van der Waals surface area contributed by atoms with Gasteiger partial charge in [0.15, 0.2) is 11.0 Å². The van der Waals surface area contributed by atoms with E-state index in [1.807, 2.05) is 30.3 Å². The van der Waals surface area contributed by atoms with Crippen molar-refractivity contribution in [3.05, 3.63) is 108 Å². The molecule has 1 heterocycles. The van der Waals surface area contributed by atoms with Gasteiger partial charge in [0.1, 0.15) is 0 Å². The standard InChI is InChI=1S/C31H27ClN6O4S2/c1-20(30(40)34-24-17-15-23(16-18-24)33-21(2)39)43-31-36-35-29(38(31)25-10-4-3-5-11-25)22-9-8-12-26(19-22)44(41,42)37-28-14-7-6-13-27(28)32/h3-20,37H,1-2H3,(H,33,39)(H,34,40)/t20-/m0/s1. The van der Waals surface area contributed by atoms with Crippen LogP contribution in [0.4, 0.5) is 17.1 Å². The predicted molar refractivity (Wildman–Crippen MR) is 174 cm³/mol. The lowest BCUT2D eigenvalue weighted by atomic mass is 10.2. The Kier molecular flexibility index (Phi) is 9.33. The quantitative estimate of drug-likeness (QED) is 0.148. The molecule has 0 fully saturated rings. The summed E-state index contributed by atoms with van der Waals surface area (Å²) >= 11 is 7.38. The van der Waals surface area contributed by atoms with Crippen LogP contribution in [-0.4, -0.2) is 40.2 Å². The van der Waals surface area contributed by atoms with Gasteiger partial charge < -0.3 is 10.6 Å². The number of rotatable bonds is 10. The third-order valence-corrected chi connectivity index (χ3v) is 9.03. The molecule has 0 aliphatic carbocycles. The molecule has 10 nitrogen and oxygen atoms in total. The van der Waals surface area contributed by atoms with Crippen LogP contribution in [0.15, 0.2) is 113 Å². The van der Waals surface area contributed by atoms with Crippen molar-refractivity contribution in [1.29, 1.82) is 0 Å². The molecule has 0 saturated heterocycles. The Hall–Kier alpha value is -4.65. The van der Waals surface area contributed by atoms with E-state index in [-0.39, 0.29) is 27.4 Å². The number of nitrogens with zero attached hydrogens (tertiary/aromatic N) is 3. The molecule has 44 heavy (non-hydrogen) atoms. The van der Waals surface area contributed by atoms with Gasteiger partial charge in [-0.2, -0.15) is 0 Å². The second-order valence-corrected chi connectivity index (χ2v) is 13.0. The number of halogens is 1. The molecule has 4 aromatic carbocycles. The first-order valence-electron chi connectivity index (χ1n) is 13.3. The number of carbonyl (C=O) groups excluding carboxylic acids is 2. The van der Waals surface area contributed by atoms with Gasteiger partial charge in [-0.05, 0) is 67.6 Å². The minimum absolute atomic E-state index is 0.0176. The van der Waals surface area contributed by atoms with Crippen LogP contribution >= 0.6 is 23.4 Å². The molecular weight excluding hydrogens is 620 g/mol. The van der Waals surface area contributed by atoms with Gasteiger partial charge in [0.2, 0.25) is 11.8 Å². The van der Waals surface area contributed by atoms with E-state index in [0.717, 1.165) is 5.69 Å². The Morgan fingerprint density at radius 2 is 1.50 bits per heavy atom. The van der Waals surface area contributed by atoms with E-state index in [4.69, 9.17) is 11.6 Å². The van der Waals surface area contributed by atoms with E-state index in [1.165, 1.54) is 30.8 Å². The molecule has 1 aromatic heterocycles. The maximum Gasteiger partial charge on any atom is 0.261 e. The molecule has 1 atom stereocenters. The summed E-state index contributed by atoms with van der Waals surface area (Å²) in [7, 11) is -3.98. The normalized spacial score (nSPS) is 11.9. The summed E-state index contributed by atoms with van der Waals surface area (Å²) in [6, 6.07) is 29.1. The highest BCUT2D eigenvalue weighted by Gasteiger charge is 2.23. The average Bonchev–Trinajstić information content (AvgIpc) is 3.43. The van der Waals surface area contributed by atoms with Gasteiger partial charge in [-0.1, -0.05) is 65.8 Å². The third-order valence-electron chi connectivity index (χ3n) is 6.29. The fourth-order valence-corrected chi connectivity index (χ4v) is 6.42. The number of sulfonamides is 1. The number of hydrogen-bond donors (Lipinski definition) is 3. The Labute approximate surface area is 263 Å². The molecule has 0 bridgehead atoms. The molecule has 0 spiro atoms. The highest BCUT2D eigenvalue weighted by Crippen LogP contribution is 2.32. The van der Waals surface area contributed by atoms with Crippen molar-refractivity contribution in [3.63, 3.8) is 0 Å². The lowest BCUT2D eigenvalue weighted by Gasteiger charge is -2.15. The van der Waals surface area contributed by atoms with Crippen LogP contribution in [0.1, 0.15) is 13.8 Å². The van der Waals surface area contributed by atoms with Crippen molar-refractivity contribution in [2.24, 2.45) is 0 Å². The molecule has 0 radical (unpaired) electrons. The number of para-hydroxylation sites is 2. The highest BCUT2D eigenvalue weighted by molar-refractivity contribution is 8.00. The van der Waals surface area contributed by atoms with Gasteiger partial charge in [-0.25, -0.2) is 8.42 Å². The first-order valence-corrected chi connectivity index (χ1v) is 16.1. The van der Waals surface area contributed by atoms with Gasteiger partial charge >= 0.3 is 0 Å². The van der Waals surface area contributed by atoms with E-state index in [9.17, 15) is 18.0 Å². The molecule has 5 rings (SSSR count). The summed E-state index contributed by atoms with van der Waals surface area (Å²) in [5.74, 6) is -0.0457. The Morgan fingerprint density at radius 1 is 0.841 bits per heavy atom. The molecule has 0 aliphatic heterocycles. The van der Waals surface area contributed by atoms with E-state index < -0.39 is 15.3 Å². The van der Waals surface area contributed by atoms with Crippen LogP contribution in [0.5, 0.6) is 0 Å². The average molecular weight is 647 g/mol. The smallest absolute Gasteiger partial charge is 0.261 e. The van der Waals surface area contributed by atoms with E-state index in [1.54, 1.807) is 72.2 Å². The molecule has 224 valence electrons. The topological polar surface area (TPSA) is 135 Å². The minimum atomic E-state index is -3.98. The van der Waals surface area contributed by atoms with Gasteiger partial charge in [-0.3, -0.25) is 18.9 Å². The van der Waals surface area contributed by atoms with E-state index in [2.05, 4.69) is 25.6 Å². The number of benzene rings is 4. The summed E-state index contributed by atoms with van der Waals surface area (Å²) < 4.78 is 30.8. The summed E-state index contributed by atoms with van der Waals surface area (Å²) in [5, 5.41) is 14.5. The Bertz CT molecular complexity index is 1920. The van der Waals surface area contributed by atoms with Crippen molar-refractivity contribution < 1.29 is 18.0 Å². The van der Waals surface area contributed by atoms with Crippen LogP contribution in [0.2, 0.25) is 5.02 Å². The van der Waals surface area contributed by atoms with E-state index in [0.29, 0.717) is 27.9 Å². The van der Waals surface area contributed by atoms with Crippen LogP contribution in [0.25, 0.3) is 17.1 Å². The molecule has 0 unspecified atom stereocenters. The molecule has 3 N–H and O–H groups in total. The predicted octanol–water partition coefficient (Wildman–Crippen LogP) is 6.47. The summed E-state index contributed by atoms with van der Waals surface area (Å²) in [6.07, 6.45) is 0. The van der Waals surface area contributed by atoms with Crippen molar-refractivity contribution in [2.45, 2.75) is 29.1 Å². The minimum Gasteiger partial charge on any atom is -0.326 e. The monoisotopic (exact) mass is 646 g/mol. The number of hydrogen-bond acceptors (Lipinski definition) is 7. The molecule has 0 aliphatic rings. The zero-order valence-electron chi connectivity index (χ0n) is 23.6. The van der Waals surface area contributed by atoms with Gasteiger partial charge in [0.25, 0.3) is 10.0 Å². The first kappa shape index (κ1) is 30.8. The first-order chi connectivity index (χ1) is 21.1. The number of aromatic nitrogens is 3. The van der Waals surface area contributed by atoms with Crippen molar-refractivity contribution in [1.82, 2.24) is 14.8 Å². The lowest BCUT2D eigenvalue weighted by molar-refractivity contribution is -0.115. The lowest BCUT2D eigenvalue weighted by Crippen LogP contribution is -2.23. The maximum absolute atomic E-state index is 13.3. The number of amides is 2. The van der Waals surface area contributed by atoms with Gasteiger partial charge in [0, 0.05) is 29.5 Å². The largest absolute Gasteiger partial charge is 0.326 e. The maximum atomic E-state index is 13.3. The molecule has 5 aromatic rings. The zero-order chi connectivity index (χ0) is 31.3. The fraction of sp³-hybridized carbons (Fsp3) is 0.0968. The van der Waals surface area contributed by atoms with Crippen molar-refractivity contribution >= 4 is 62.3 Å². The number of thioether (sulfide) groups is 1. The number of anilines is 3. The Balaban J connectivity index is 1.42. The Morgan fingerprint density at radius 3 is 2.18 bits per heavy atom. The number of nitrogens with one attached hydrogen (secondary N) is 3. The SMILES string of the molecule is CC(=O)Nc1ccc(NC(=O)[C@H](C)Sc2nnc(-c3cccc(S(=O)(=O)Nc4ccccc4Cl)c3)n2-c2ccccc2)cc1. The van der Waals surface area contributed by atoms with Crippen LogP contribution in [-0.2, 0) is 19.6 Å². The number of carbonyl (C=O) groups is 2. The van der Waals surface area contributed by atoms with Crippen molar-refractivity contribution in [2.75, 3.05) is 15.4 Å². The van der Waals surface area contributed by atoms with E-state index >= 15 is 0 Å². The summed E-state index contributed by atoms with van der Waals surface area (Å²) in [5.41, 5.74) is 2.70. The molecule has 13 heteroatoms.